The molecule has 26 heavy (non-hydrogen) atoms. The van der Waals surface area contributed by atoms with Crippen LogP contribution in [0.25, 0.3) is 10.6 Å². The molecule has 1 heterocycles. The lowest BCUT2D eigenvalue weighted by molar-refractivity contribution is -0.908. The van der Waals surface area contributed by atoms with Crippen molar-refractivity contribution in [3.05, 3.63) is 64.1 Å². The maximum absolute atomic E-state index is 6.13. The number of nitrogens with one attached hydrogen (secondary N) is 1. The molecule has 1 atom stereocenters. The van der Waals surface area contributed by atoms with Crippen LogP contribution in [0.1, 0.15) is 11.3 Å². The predicted octanol–water partition coefficient (Wildman–Crippen LogP) is 3.70. The van der Waals surface area contributed by atoms with Gasteiger partial charge in [0, 0.05) is 21.5 Å². The highest BCUT2D eigenvalue weighted by atomic mass is 35.5. The van der Waals surface area contributed by atoms with Crippen molar-refractivity contribution in [1.82, 2.24) is 4.98 Å². The van der Waals surface area contributed by atoms with E-state index >= 15 is 0 Å². The first-order valence-corrected chi connectivity index (χ1v) is 9.57. The molecule has 1 unspecified atom stereocenters. The molecule has 3 rings (SSSR count). The first kappa shape index (κ1) is 18.7. The molecule has 0 amide bonds. The molecule has 4 nitrogen and oxygen atoms in total. The van der Waals surface area contributed by atoms with Crippen molar-refractivity contribution in [2.45, 2.75) is 13.1 Å². The Balaban J connectivity index is 1.67. The molecule has 0 aliphatic rings. The lowest BCUT2D eigenvalue weighted by Gasteiger charge is -2.15. The molecule has 0 aliphatic heterocycles. The van der Waals surface area contributed by atoms with Crippen LogP contribution in [0, 0.1) is 0 Å². The zero-order valence-corrected chi connectivity index (χ0v) is 16.7. The van der Waals surface area contributed by atoms with Gasteiger partial charge < -0.3 is 14.4 Å². The molecule has 0 saturated heterocycles. The van der Waals surface area contributed by atoms with E-state index in [1.54, 1.807) is 25.6 Å². The summed E-state index contributed by atoms with van der Waals surface area (Å²) in [6.45, 7) is 1.65. The molecule has 0 radical (unpaired) electrons. The highest BCUT2D eigenvalue weighted by molar-refractivity contribution is 7.13. The standard InChI is InChI=1S/C20H21ClN2O2S/c1-23(11-15-10-16(21)6-9-19(15)25-3)12-17-13-26-20(22-17)14-4-7-18(24-2)8-5-14/h4-10,13H,11-12H2,1-3H3/p+1. The summed E-state index contributed by atoms with van der Waals surface area (Å²) in [6.07, 6.45) is 0. The maximum Gasteiger partial charge on any atom is 0.127 e. The van der Waals surface area contributed by atoms with E-state index in [9.17, 15) is 0 Å². The number of rotatable bonds is 7. The normalized spacial score (nSPS) is 12.0. The van der Waals surface area contributed by atoms with Crippen LogP contribution in [0.4, 0.5) is 0 Å². The Bertz CT molecular complexity index is 865. The highest BCUT2D eigenvalue weighted by Crippen LogP contribution is 2.26. The van der Waals surface area contributed by atoms with E-state index in [0.29, 0.717) is 0 Å². The molecule has 6 heteroatoms. The van der Waals surface area contributed by atoms with E-state index in [1.807, 2.05) is 42.5 Å². The van der Waals surface area contributed by atoms with E-state index in [0.717, 1.165) is 51.4 Å². The Morgan fingerprint density at radius 1 is 1.04 bits per heavy atom. The Morgan fingerprint density at radius 3 is 2.50 bits per heavy atom. The van der Waals surface area contributed by atoms with Gasteiger partial charge in [-0.15, -0.1) is 11.3 Å². The Kier molecular flexibility index (Phi) is 6.14. The molecule has 2 aromatic carbocycles. The molecule has 1 N–H and O–H groups in total. The number of hydrogen-bond acceptors (Lipinski definition) is 4. The van der Waals surface area contributed by atoms with Crippen molar-refractivity contribution in [2.24, 2.45) is 0 Å². The lowest BCUT2D eigenvalue weighted by Crippen LogP contribution is -3.06. The first-order chi connectivity index (χ1) is 12.6. The third kappa shape index (κ3) is 4.55. The van der Waals surface area contributed by atoms with Gasteiger partial charge in [0.15, 0.2) is 0 Å². The second kappa shape index (κ2) is 8.54. The number of benzene rings is 2. The van der Waals surface area contributed by atoms with Gasteiger partial charge in [0.2, 0.25) is 0 Å². The van der Waals surface area contributed by atoms with E-state index in [2.05, 4.69) is 12.4 Å². The van der Waals surface area contributed by atoms with Gasteiger partial charge in [0.1, 0.15) is 35.3 Å². The number of ether oxygens (including phenoxy) is 2. The van der Waals surface area contributed by atoms with Crippen molar-refractivity contribution in [3.8, 4) is 22.1 Å². The molecule has 0 fully saturated rings. The molecule has 0 aliphatic carbocycles. The van der Waals surface area contributed by atoms with Gasteiger partial charge in [-0.2, -0.15) is 0 Å². The Morgan fingerprint density at radius 2 is 1.81 bits per heavy atom. The second-order valence-corrected chi connectivity index (χ2v) is 7.43. The zero-order chi connectivity index (χ0) is 18.5. The summed E-state index contributed by atoms with van der Waals surface area (Å²) in [7, 11) is 5.50. The van der Waals surface area contributed by atoms with Crippen LogP contribution in [-0.2, 0) is 13.1 Å². The summed E-state index contributed by atoms with van der Waals surface area (Å²) in [6, 6.07) is 13.7. The Hall–Kier alpha value is -2.08. The van der Waals surface area contributed by atoms with Crippen LogP contribution in [0.2, 0.25) is 5.02 Å². The molecule has 136 valence electrons. The topological polar surface area (TPSA) is 35.8 Å². The van der Waals surface area contributed by atoms with Crippen molar-refractivity contribution in [2.75, 3.05) is 21.3 Å². The highest BCUT2D eigenvalue weighted by Gasteiger charge is 2.13. The number of thiazole rings is 1. The van der Waals surface area contributed by atoms with Crippen molar-refractivity contribution in [3.63, 3.8) is 0 Å². The van der Waals surface area contributed by atoms with Gasteiger partial charge in [-0.05, 0) is 42.5 Å². The SMILES string of the molecule is COc1ccc(-c2nc(C[NH+](C)Cc3cc(Cl)ccc3OC)cs2)cc1. The van der Waals surface area contributed by atoms with Crippen LogP contribution in [0.15, 0.2) is 47.8 Å². The smallest absolute Gasteiger partial charge is 0.127 e. The lowest BCUT2D eigenvalue weighted by atomic mass is 10.2. The molecular weight excluding hydrogens is 368 g/mol. The van der Waals surface area contributed by atoms with Gasteiger partial charge in [0.05, 0.1) is 21.3 Å². The molecular formula is C20H22ClN2O2S+. The molecule has 1 aromatic heterocycles. The fraction of sp³-hybridized carbons (Fsp3) is 0.250. The van der Waals surface area contributed by atoms with Gasteiger partial charge in [-0.1, -0.05) is 11.6 Å². The summed E-state index contributed by atoms with van der Waals surface area (Å²) in [5.74, 6) is 1.72. The summed E-state index contributed by atoms with van der Waals surface area (Å²) < 4.78 is 10.6. The quantitative estimate of drug-likeness (QED) is 0.669. The average molecular weight is 390 g/mol. The fourth-order valence-electron chi connectivity index (χ4n) is 2.84. The number of halogens is 1. The number of hydrogen-bond donors (Lipinski definition) is 1. The predicted molar refractivity (Wildman–Crippen MR) is 106 cm³/mol. The third-order valence-corrected chi connectivity index (χ3v) is 5.28. The van der Waals surface area contributed by atoms with Crippen LogP contribution in [-0.4, -0.2) is 26.3 Å². The summed E-state index contributed by atoms with van der Waals surface area (Å²) in [5.41, 5.74) is 3.29. The monoisotopic (exact) mass is 389 g/mol. The number of nitrogens with zero attached hydrogens (tertiary/aromatic N) is 1. The summed E-state index contributed by atoms with van der Waals surface area (Å²) >= 11 is 7.79. The minimum Gasteiger partial charge on any atom is -0.497 e. The van der Waals surface area contributed by atoms with E-state index in [1.165, 1.54) is 4.90 Å². The number of aromatic nitrogens is 1. The number of quaternary nitrogens is 1. The minimum absolute atomic E-state index is 0.726. The zero-order valence-electron chi connectivity index (χ0n) is 15.1. The van der Waals surface area contributed by atoms with E-state index in [-0.39, 0.29) is 0 Å². The van der Waals surface area contributed by atoms with Crippen molar-refractivity contribution < 1.29 is 14.4 Å². The second-order valence-electron chi connectivity index (χ2n) is 6.14. The first-order valence-electron chi connectivity index (χ1n) is 8.31. The van der Waals surface area contributed by atoms with Crippen LogP contribution in [0.3, 0.4) is 0 Å². The van der Waals surface area contributed by atoms with Crippen LogP contribution < -0.4 is 14.4 Å². The molecule has 0 spiro atoms. The van der Waals surface area contributed by atoms with Gasteiger partial charge in [-0.3, -0.25) is 0 Å². The maximum atomic E-state index is 6.13. The summed E-state index contributed by atoms with van der Waals surface area (Å²) in [5, 5.41) is 3.87. The van der Waals surface area contributed by atoms with Gasteiger partial charge >= 0.3 is 0 Å². The largest absolute Gasteiger partial charge is 0.497 e. The fourth-order valence-corrected chi connectivity index (χ4v) is 3.86. The van der Waals surface area contributed by atoms with Crippen molar-refractivity contribution >= 4 is 22.9 Å². The van der Waals surface area contributed by atoms with Gasteiger partial charge in [-0.25, -0.2) is 4.98 Å². The molecule has 0 saturated carbocycles. The van der Waals surface area contributed by atoms with Crippen molar-refractivity contribution in [1.29, 1.82) is 0 Å². The van der Waals surface area contributed by atoms with Crippen LogP contribution in [0.5, 0.6) is 11.5 Å². The van der Waals surface area contributed by atoms with Crippen LogP contribution >= 0.6 is 22.9 Å². The average Bonchev–Trinajstić information content (AvgIpc) is 3.10. The number of methoxy groups -OCH3 is 2. The van der Waals surface area contributed by atoms with E-state index < -0.39 is 0 Å². The molecule has 0 bridgehead atoms. The van der Waals surface area contributed by atoms with E-state index in [4.69, 9.17) is 26.1 Å². The molecule has 3 aromatic rings. The third-order valence-electron chi connectivity index (χ3n) is 4.11. The van der Waals surface area contributed by atoms with Gasteiger partial charge in [0.25, 0.3) is 0 Å². The minimum atomic E-state index is 0.726. The Labute approximate surface area is 163 Å². The summed E-state index contributed by atoms with van der Waals surface area (Å²) in [4.78, 5) is 6.09.